The van der Waals surface area contributed by atoms with Crippen molar-refractivity contribution in [2.45, 2.75) is 25.4 Å². The van der Waals surface area contributed by atoms with E-state index in [1.807, 2.05) is 30.3 Å². The number of para-hydroxylation sites is 1. The van der Waals surface area contributed by atoms with Gasteiger partial charge in [-0.2, -0.15) is 5.10 Å². The van der Waals surface area contributed by atoms with Gasteiger partial charge in [0.15, 0.2) is 5.60 Å². The number of benzene rings is 1. The lowest BCUT2D eigenvalue weighted by atomic mass is 9.91. The number of amides is 2. The molecule has 0 saturated carbocycles. The molecule has 2 amide bonds. The molecule has 126 valence electrons. The maximum absolute atomic E-state index is 12.5. The summed E-state index contributed by atoms with van der Waals surface area (Å²) in [5.41, 5.74) is -0.201. The number of hydrogen-bond acceptors (Lipinski definition) is 4. The monoisotopic (exact) mass is 328 g/mol. The van der Waals surface area contributed by atoms with Crippen LogP contribution >= 0.6 is 0 Å². The van der Waals surface area contributed by atoms with Crippen LogP contribution in [0.3, 0.4) is 0 Å². The van der Waals surface area contributed by atoms with E-state index in [-0.39, 0.29) is 12.5 Å². The zero-order chi connectivity index (χ0) is 17.2. The van der Waals surface area contributed by atoms with E-state index < -0.39 is 11.5 Å². The Morgan fingerprint density at radius 1 is 1.29 bits per heavy atom. The molecule has 24 heavy (non-hydrogen) atoms. The van der Waals surface area contributed by atoms with Crippen LogP contribution in [0.4, 0.5) is 5.69 Å². The van der Waals surface area contributed by atoms with Gasteiger partial charge in [0, 0.05) is 13.5 Å². The predicted octanol–water partition coefficient (Wildman–Crippen LogP) is 1.18. The molecule has 1 aliphatic heterocycles. The average molecular weight is 328 g/mol. The Labute approximate surface area is 139 Å². The molecule has 0 unspecified atom stereocenters. The number of aromatic nitrogens is 2. The molecule has 1 aliphatic rings. The third kappa shape index (κ3) is 3.30. The van der Waals surface area contributed by atoms with Crippen LogP contribution in [0.5, 0.6) is 0 Å². The Kier molecular flexibility index (Phi) is 4.35. The molecule has 1 aromatic carbocycles. The van der Waals surface area contributed by atoms with Crippen LogP contribution in [0, 0.1) is 0 Å². The average Bonchev–Trinajstić information content (AvgIpc) is 3.04. The standard InChI is InChI=1S/C17H20N4O3/c1-13(22)20-9-5-8-17(24,12-20)16(23)19-14-10-18-21(11-14)15-6-3-2-4-7-15/h2-4,6-7,10-11,24H,5,8-9,12H2,1H3,(H,19,23)/t17-/m0/s1. The second-order valence-electron chi connectivity index (χ2n) is 6.04. The van der Waals surface area contributed by atoms with Gasteiger partial charge in [-0.05, 0) is 25.0 Å². The highest BCUT2D eigenvalue weighted by molar-refractivity contribution is 5.97. The summed E-state index contributed by atoms with van der Waals surface area (Å²) in [6.07, 6.45) is 4.13. The van der Waals surface area contributed by atoms with Crippen molar-refractivity contribution in [1.82, 2.24) is 14.7 Å². The van der Waals surface area contributed by atoms with Crippen LogP contribution in [0.1, 0.15) is 19.8 Å². The first kappa shape index (κ1) is 16.2. The second-order valence-corrected chi connectivity index (χ2v) is 6.04. The minimum Gasteiger partial charge on any atom is -0.378 e. The van der Waals surface area contributed by atoms with Crippen molar-refractivity contribution in [1.29, 1.82) is 0 Å². The van der Waals surface area contributed by atoms with E-state index in [9.17, 15) is 14.7 Å². The molecule has 1 saturated heterocycles. The van der Waals surface area contributed by atoms with Gasteiger partial charge in [0.2, 0.25) is 5.91 Å². The summed E-state index contributed by atoms with van der Waals surface area (Å²) >= 11 is 0. The van der Waals surface area contributed by atoms with E-state index in [2.05, 4.69) is 10.4 Å². The highest BCUT2D eigenvalue weighted by atomic mass is 16.3. The normalized spacial score (nSPS) is 20.7. The lowest BCUT2D eigenvalue weighted by molar-refractivity contribution is -0.146. The Bertz CT molecular complexity index is 743. The summed E-state index contributed by atoms with van der Waals surface area (Å²) in [7, 11) is 0. The molecular weight excluding hydrogens is 308 g/mol. The van der Waals surface area contributed by atoms with Gasteiger partial charge in [-0.1, -0.05) is 18.2 Å². The summed E-state index contributed by atoms with van der Waals surface area (Å²) in [5, 5.41) is 17.5. The van der Waals surface area contributed by atoms with Crippen LogP contribution in [-0.4, -0.2) is 50.3 Å². The van der Waals surface area contributed by atoms with Crippen LogP contribution < -0.4 is 5.32 Å². The van der Waals surface area contributed by atoms with Gasteiger partial charge in [-0.25, -0.2) is 4.68 Å². The lowest BCUT2D eigenvalue weighted by Crippen LogP contribution is -2.56. The maximum atomic E-state index is 12.5. The van der Waals surface area contributed by atoms with Crippen LogP contribution in [0.15, 0.2) is 42.7 Å². The van der Waals surface area contributed by atoms with E-state index in [4.69, 9.17) is 0 Å². The number of aliphatic hydroxyl groups is 1. The third-order valence-corrected chi connectivity index (χ3v) is 4.20. The number of anilines is 1. The van der Waals surface area contributed by atoms with Crippen LogP contribution in [-0.2, 0) is 9.59 Å². The smallest absolute Gasteiger partial charge is 0.258 e. The fraction of sp³-hybridized carbons (Fsp3) is 0.353. The van der Waals surface area contributed by atoms with Crippen molar-refractivity contribution in [3.05, 3.63) is 42.7 Å². The molecule has 3 rings (SSSR count). The molecule has 0 bridgehead atoms. The molecule has 1 atom stereocenters. The van der Waals surface area contributed by atoms with Gasteiger partial charge in [-0.15, -0.1) is 0 Å². The molecule has 0 spiro atoms. The molecule has 7 nitrogen and oxygen atoms in total. The van der Waals surface area contributed by atoms with E-state index in [0.29, 0.717) is 25.1 Å². The molecule has 0 radical (unpaired) electrons. The number of piperidine rings is 1. The summed E-state index contributed by atoms with van der Waals surface area (Å²) in [6, 6.07) is 9.51. The Balaban J connectivity index is 1.71. The third-order valence-electron chi connectivity index (χ3n) is 4.20. The minimum absolute atomic E-state index is 0.0149. The van der Waals surface area contributed by atoms with Crippen molar-refractivity contribution in [3.8, 4) is 5.69 Å². The zero-order valence-corrected chi connectivity index (χ0v) is 13.5. The van der Waals surface area contributed by atoms with E-state index in [1.165, 1.54) is 18.0 Å². The van der Waals surface area contributed by atoms with E-state index in [0.717, 1.165) is 5.69 Å². The second kappa shape index (κ2) is 6.45. The first-order chi connectivity index (χ1) is 11.5. The number of β-amino-alcohol motifs (C(OH)–C–C–N with tert-alkyl or cyclic N) is 1. The van der Waals surface area contributed by atoms with Crippen LogP contribution in [0.25, 0.3) is 5.69 Å². The van der Waals surface area contributed by atoms with Crippen molar-refractivity contribution in [2.24, 2.45) is 0 Å². The number of likely N-dealkylation sites (tertiary alicyclic amines) is 1. The van der Waals surface area contributed by atoms with Gasteiger partial charge in [0.25, 0.3) is 5.91 Å². The largest absolute Gasteiger partial charge is 0.378 e. The lowest BCUT2D eigenvalue weighted by Gasteiger charge is -2.37. The first-order valence-corrected chi connectivity index (χ1v) is 7.87. The van der Waals surface area contributed by atoms with Crippen LogP contribution in [0.2, 0.25) is 0 Å². The summed E-state index contributed by atoms with van der Waals surface area (Å²) in [4.78, 5) is 25.5. The van der Waals surface area contributed by atoms with Gasteiger partial charge in [0.05, 0.1) is 30.3 Å². The number of rotatable bonds is 3. The van der Waals surface area contributed by atoms with Crippen molar-refractivity contribution in [2.75, 3.05) is 18.4 Å². The Morgan fingerprint density at radius 2 is 2.04 bits per heavy atom. The molecule has 7 heteroatoms. The summed E-state index contributed by atoms with van der Waals surface area (Å²) < 4.78 is 1.64. The molecule has 1 aromatic heterocycles. The number of carbonyl (C=O) groups excluding carboxylic acids is 2. The van der Waals surface area contributed by atoms with Gasteiger partial charge < -0.3 is 15.3 Å². The van der Waals surface area contributed by atoms with Crippen molar-refractivity contribution >= 4 is 17.5 Å². The van der Waals surface area contributed by atoms with Gasteiger partial charge in [-0.3, -0.25) is 9.59 Å². The Hall–Kier alpha value is -2.67. The molecule has 1 fully saturated rings. The zero-order valence-electron chi connectivity index (χ0n) is 13.5. The van der Waals surface area contributed by atoms with E-state index >= 15 is 0 Å². The molecule has 2 heterocycles. The highest BCUT2D eigenvalue weighted by Gasteiger charge is 2.41. The fourth-order valence-electron chi connectivity index (χ4n) is 2.85. The topological polar surface area (TPSA) is 87.5 Å². The highest BCUT2D eigenvalue weighted by Crippen LogP contribution is 2.23. The van der Waals surface area contributed by atoms with Gasteiger partial charge in [0.1, 0.15) is 0 Å². The fourth-order valence-corrected chi connectivity index (χ4v) is 2.85. The number of carbonyl (C=O) groups is 2. The van der Waals surface area contributed by atoms with Crippen molar-refractivity contribution in [3.63, 3.8) is 0 Å². The number of hydrogen-bond donors (Lipinski definition) is 2. The maximum Gasteiger partial charge on any atom is 0.258 e. The molecular formula is C17H20N4O3. The number of nitrogens with zero attached hydrogens (tertiary/aromatic N) is 3. The SMILES string of the molecule is CC(=O)N1CCC[C@@](O)(C(=O)Nc2cnn(-c3ccccc3)c2)C1. The van der Waals surface area contributed by atoms with Gasteiger partial charge >= 0.3 is 0 Å². The van der Waals surface area contributed by atoms with Crippen molar-refractivity contribution < 1.29 is 14.7 Å². The van der Waals surface area contributed by atoms with E-state index in [1.54, 1.807) is 10.9 Å². The minimum atomic E-state index is -1.57. The summed E-state index contributed by atoms with van der Waals surface area (Å²) in [6.45, 7) is 2.02. The first-order valence-electron chi connectivity index (χ1n) is 7.87. The summed E-state index contributed by atoms with van der Waals surface area (Å²) in [5.74, 6) is -0.654. The predicted molar refractivity (Wildman–Crippen MR) is 88.6 cm³/mol. The molecule has 2 N–H and O–H groups in total. The number of nitrogens with one attached hydrogen (secondary N) is 1. The molecule has 0 aliphatic carbocycles. The Morgan fingerprint density at radius 3 is 2.75 bits per heavy atom. The molecule has 2 aromatic rings. The quantitative estimate of drug-likeness (QED) is 0.886.